The number of hydrogen-bond donors (Lipinski definition) is 0. The van der Waals surface area contributed by atoms with Gasteiger partial charge in [-0.1, -0.05) is 62.6 Å². The van der Waals surface area contributed by atoms with Crippen LogP contribution in [0.2, 0.25) is 0 Å². The molecule has 0 spiro atoms. The first-order valence-corrected chi connectivity index (χ1v) is 6.68. The van der Waals surface area contributed by atoms with Crippen molar-refractivity contribution in [1.29, 1.82) is 0 Å². The molecule has 0 bridgehead atoms. The van der Waals surface area contributed by atoms with Crippen LogP contribution in [0.15, 0.2) is 62.6 Å². The van der Waals surface area contributed by atoms with E-state index in [0.29, 0.717) is 6.42 Å². The summed E-state index contributed by atoms with van der Waals surface area (Å²) in [7, 11) is 0. The van der Waals surface area contributed by atoms with Crippen LogP contribution < -0.4 is 0 Å². The molecule has 0 aliphatic heterocycles. The smallest absolute Gasteiger partial charge is 0.310 e. The summed E-state index contributed by atoms with van der Waals surface area (Å²) >= 11 is 0. The van der Waals surface area contributed by atoms with Gasteiger partial charge in [-0.2, -0.15) is 0 Å². The molecule has 0 saturated carbocycles. The van der Waals surface area contributed by atoms with Gasteiger partial charge in [0.05, 0.1) is 12.5 Å². The summed E-state index contributed by atoms with van der Waals surface area (Å²) in [4.78, 5) is 19.9. The highest BCUT2D eigenvalue weighted by molar-refractivity contribution is 5.69. The van der Waals surface area contributed by atoms with Gasteiger partial charge in [-0.25, -0.2) is 0 Å². The molecule has 0 saturated heterocycles. The molecule has 4 heteroatoms. The van der Waals surface area contributed by atoms with Crippen LogP contribution in [-0.2, 0) is 19.1 Å². The molecule has 0 heterocycles. The number of hydrogen-bond acceptors (Lipinski definition) is 4. The zero-order valence-corrected chi connectivity index (χ0v) is 13.5. The number of rotatable bonds is 4. The third kappa shape index (κ3) is 15.4. The highest BCUT2D eigenvalue weighted by Crippen LogP contribution is 2.08. The zero-order valence-electron chi connectivity index (χ0n) is 13.5. The van der Waals surface area contributed by atoms with Gasteiger partial charge in [0, 0.05) is 13.3 Å². The fourth-order valence-corrected chi connectivity index (χ4v) is 1.02. The maximum Gasteiger partial charge on any atom is 0.310 e. The van der Waals surface area contributed by atoms with Crippen molar-refractivity contribution in [3.63, 3.8) is 0 Å². The Hall–Kier alpha value is -2.62. The average Bonchev–Trinajstić information content (AvgIpc) is 2.49. The molecule has 0 atom stereocenters. The van der Waals surface area contributed by atoms with Crippen LogP contribution in [0, 0.1) is 0 Å². The minimum atomic E-state index is -0.329. The van der Waals surface area contributed by atoms with Crippen molar-refractivity contribution in [2.75, 3.05) is 0 Å². The summed E-state index contributed by atoms with van der Waals surface area (Å²) in [6.07, 6.45) is 2.64. The van der Waals surface area contributed by atoms with Crippen molar-refractivity contribution >= 4 is 17.5 Å². The van der Waals surface area contributed by atoms with Gasteiger partial charge in [0.25, 0.3) is 0 Å². The molecule has 0 amide bonds. The summed E-state index contributed by atoms with van der Waals surface area (Å²) < 4.78 is 8.48. The first kappa shape index (κ1) is 21.7. The van der Waals surface area contributed by atoms with E-state index in [2.05, 4.69) is 41.3 Å². The van der Waals surface area contributed by atoms with Crippen LogP contribution in [0.1, 0.15) is 32.8 Å². The van der Waals surface area contributed by atoms with E-state index >= 15 is 0 Å². The van der Waals surface area contributed by atoms with Crippen LogP contribution in [-0.4, -0.2) is 11.9 Å². The molecule has 0 fully saturated rings. The van der Waals surface area contributed by atoms with Crippen molar-refractivity contribution in [3.05, 3.63) is 68.2 Å². The molecular weight excluding hydrogens is 280 g/mol. The highest BCUT2D eigenvalue weighted by Gasteiger charge is 1.89. The summed E-state index contributed by atoms with van der Waals surface area (Å²) in [6.45, 7) is 15.2. The standard InChI is InChI=1S/C9H10.C5H8O2.C4H6O2/c1-8(2)9-6-4-3-5-7-9;1-3-5(6)7-4-2;1-3-6-4(2)5/h3-7H,1H2,2H3;4H,2-3H2,1H3;3H,1H2,2H3. The van der Waals surface area contributed by atoms with Crippen LogP contribution in [0.5, 0.6) is 0 Å². The fraction of sp³-hybridized carbons (Fsp3) is 0.222. The zero-order chi connectivity index (χ0) is 17.4. The van der Waals surface area contributed by atoms with Crippen molar-refractivity contribution in [1.82, 2.24) is 0 Å². The average molecular weight is 304 g/mol. The maximum atomic E-state index is 10.1. The second kappa shape index (κ2) is 14.8. The van der Waals surface area contributed by atoms with Gasteiger partial charge >= 0.3 is 11.9 Å². The topological polar surface area (TPSA) is 52.6 Å². The highest BCUT2D eigenvalue weighted by atomic mass is 16.5. The largest absolute Gasteiger partial charge is 0.435 e. The lowest BCUT2D eigenvalue weighted by Crippen LogP contribution is -1.94. The van der Waals surface area contributed by atoms with Gasteiger partial charge in [-0.15, -0.1) is 0 Å². The Bertz CT molecular complexity index is 475. The molecule has 0 aromatic heterocycles. The minimum absolute atomic E-state index is 0.241. The minimum Gasteiger partial charge on any atom is -0.435 e. The van der Waals surface area contributed by atoms with Gasteiger partial charge in [0.15, 0.2) is 0 Å². The van der Waals surface area contributed by atoms with Crippen LogP contribution in [0.25, 0.3) is 5.57 Å². The molecule has 120 valence electrons. The molecule has 1 aromatic rings. The van der Waals surface area contributed by atoms with Crippen LogP contribution in [0.4, 0.5) is 0 Å². The van der Waals surface area contributed by atoms with E-state index in [4.69, 9.17) is 0 Å². The molecule has 0 aliphatic carbocycles. The number of esters is 2. The van der Waals surface area contributed by atoms with E-state index in [1.807, 2.05) is 25.1 Å². The fourth-order valence-electron chi connectivity index (χ4n) is 1.02. The number of ether oxygens (including phenoxy) is 2. The lowest BCUT2D eigenvalue weighted by Gasteiger charge is -1.94. The number of carbonyl (C=O) groups excluding carboxylic acids is 2. The summed E-state index contributed by atoms with van der Waals surface area (Å²) in [5, 5.41) is 0. The van der Waals surface area contributed by atoms with Crippen molar-refractivity contribution in [2.45, 2.75) is 27.2 Å². The Labute approximate surface area is 132 Å². The Kier molecular flexibility index (Phi) is 14.6. The molecule has 0 N–H and O–H groups in total. The van der Waals surface area contributed by atoms with E-state index in [-0.39, 0.29) is 11.9 Å². The number of allylic oxidation sites excluding steroid dienone is 1. The first-order chi connectivity index (χ1) is 10.4. The van der Waals surface area contributed by atoms with Gasteiger partial charge < -0.3 is 9.47 Å². The van der Waals surface area contributed by atoms with E-state index < -0.39 is 0 Å². The van der Waals surface area contributed by atoms with Gasteiger partial charge in [-0.05, 0) is 12.5 Å². The van der Waals surface area contributed by atoms with Crippen LogP contribution >= 0.6 is 0 Å². The third-order valence-corrected chi connectivity index (χ3v) is 2.02. The van der Waals surface area contributed by atoms with Gasteiger partial charge in [0.1, 0.15) is 0 Å². The lowest BCUT2D eigenvalue weighted by molar-refractivity contribution is -0.137. The molecule has 0 aliphatic rings. The van der Waals surface area contributed by atoms with Gasteiger partial charge in [-0.3, -0.25) is 9.59 Å². The summed E-state index contributed by atoms with van der Waals surface area (Å²) in [5.74, 6) is -0.569. The molecule has 0 unspecified atom stereocenters. The Morgan fingerprint density at radius 3 is 1.73 bits per heavy atom. The summed E-state index contributed by atoms with van der Waals surface area (Å²) in [5.41, 5.74) is 2.34. The normalized spacial score (nSPS) is 7.95. The molecule has 0 radical (unpaired) electrons. The predicted molar refractivity (Wildman–Crippen MR) is 89.7 cm³/mol. The van der Waals surface area contributed by atoms with Gasteiger partial charge in [0.2, 0.25) is 0 Å². The van der Waals surface area contributed by atoms with Crippen molar-refractivity contribution < 1.29 is 19.1 Å². The number of benzene rings is 1. The first-order valence-electron chi connectivity index (χ1n) is 6.68. The molecular formula is C18H24O4. The molecule has 1 aromatic carbocycles. The maximum absolute atomic E-state index is 10.1. The van der Waals surface area contributed by atoms with E-state index in [1.54, 1.807) is 6.92 Å². The van der Waals surface area contributed by atoms with Crippen LogP contribution in [0.3, 0.4) is 0 Å². The molecule has 1 rings (SSSR count). The second-order valence-corrected chi connectivity index (χ2v) is 3.93. The lowest BCUT2D eigenvalue weighted by atomic mass is 10.1. The van der Waals surface area contributed by atoms with E-state index in [0.717, 1.165) is 18.1 Å². The monoisotopic (exact) mass is 304 g/mol. The Balaban J connectivity index is 0. The molecule has 4 nitrogen and oxygen atoms in total. The summed E-state index contributed by atoms with van der Waals surface area (Å²) in [6, 6.07) is 10.2. The predicted octanol–water partition coefficient (Wildman–Crippen LogP) is 4.50. The Morgan fingerprint density at radius 2 is 1.55 bits per heavy atom. The van der Waals surface area contributed by atoms with Crippen molar-refractivity contribution in [2.24, 2.45) is 0 Å². The third-order valence-electron chi connectivity index (χ3n) is 2.02. The van der Waals surface area contributed by atoms with Crippen molar-refractivity contribution in [3.8, 4) is 0 Å². The van der Waals surface area contributed by atoms with E-state index in [9.17, 15) is 9.59 Å². The number of carbonyl (C=O) groups is 2. The molecule has 22 heavy (non-hydrogen) atoms. The Morgan fingerprint density at radius 1 is 1.05 bits per heavy atom. The van der Waals surface area contributed by atoms with E-state index in [1.165, 1.54) is 12.5 Å². The SMILES string of the molecule is C=C(C)c1ccccc1.C=COC(=O)CC.C=COC(C)=O. The second-order valence-electron chi connectivity index (χ2n) is 3.93. The quantitative estimate of drug-likeness (QED) is 0.607.